The lowest BCUT2D eigenvalue weighted by Gasteiger charge is -2.40. The lowest BCUT2D eigenvalue weighted by molar-refractivity contribution is -0.133. The van der Waals surface area contributed by atoms with Crippen LogP contribution in [-0.4, -0.2) is 55.0 Å². The number of hydrogen-bond acceptors (Lipinski definition) is 3. The molecular weight excluding hydrogens is 405 g/mol. The number of benzene rings is 1. The molecule has 0 bridgehead atoms. The van der Waals surface area contributed by atoms with E-state index in [-0.39, 0.29) is 24.8 Å². The summed E-state index contributed by atoms with van der Waals surface area (Å²) in [5, 5.41) is 3.45. The van der Waals surface area contributed by atoms with Crippen LogP contribution >= 0.6 is 24.8 Å². The Labute approximate surface area is 187 Å². The van der Waals surface area contributed by atoms with Crippen molar-refractivity contribution in [3.63, 3.8) is 0 Å². The number of carbonyl (C=O) groups excluding carboxylic acids is 1. The van der Waals surface area contributed by atoms with E-state index >= 15 is 0 Å². The van der Waals surface area contributed by atoms with Gasteiger partial charge < -0.3 is 10.2 Å². The van der Waals surface area contributed by atoms with Crippen molar-refractivity contribution in [3.8, 4) is 0 Å². The summed E-state index contributed by atoms with van der Waals surface area (Å²) in [4.78, 5) is 18.0. The Bertz CT molecular complexity index is 695. The minimum atomic E-state index is 0. The van der Waals surface area contributed by atoms with E-state index in [1.165, 1.54) is 44.2 Å². The van der Waals surface area contributed by atoms with Crippen molar-refractivity contribution in [1.82, 2.24) is 15.1 Å². The SMILES string of the molecule is Cl.Cl.O=C(C1CC12CCNCC2)N1CCC2(CCCN(Cc3ccccc3)C2)C1. The van der Waals surface area contributed by atoms with Crippen LogP contribution in [0.5, 0.6) is 0 Å². The second-order valence-corrected chi connectivity index (χ2v) is 9.68. The van der Waals surface area contributed by atoms with Gasteiger partial charge in [0.05, 0.1) is 0 Å². The average Bonchev–Trinajstić information content (AvgIpc) is 3.23. The molecular formula is C23H35Cl2N3O. The third-order valence-corrected chi connectivity index (χ3v) is 7.83. The molecule has 6 heteroatoms. The molecule has 3 aliphatic heterocycles. The van der Waals surface area contributed by atoms with Gasteiger partial charge in [-0.25, -0.2) is 0 Å². The predicted octanol–water partition coefficient (Wildman–Crippen LogP) is 3.73. The van der Waals surface area contributed by atoms with Gasteiger partial charge >= 0.3 is 0 Å². The van der Waals surface area contributed by atoms with Crippen LogP contribution in [0.3, 0.4) is 0 Å². The van der Waals surface area contributed by atoms with Crippen LogP contribution in [-0.2, 0) is 11.3 Å². The van der Waals surface area contributed by atoms with Crippen LogP contribution in [0.25, 0.3) is 0 Å². The number of likely N-dealkylation sites (tertiary alicyclic amines) is 2. The van der Waals surface area contributed by atoms with Gasteiger partial charge in [0, 0.05) is 37.5 Å². The summed E-state index contributed by atoms with van der Waals surface area (Å²) in [6.07, 6.45) is 7.32. The summed E-state index contributed by atoms with van der Waals surface area (Å²) in [7, 11) is 0. The van der Waals surface area contributed by atoms with Gasteiger partial charge in [-0.1, -0.05) is 30.3 Å². The van der Waals surface area contributed by atoms with Gasteiger partial charge in [-0.15, -0.1) is 24.8 Å². The minimum absolute atomic E-state index is 0. The molecule has 0 aromatic heterocycles. The average molecular weight is 440 g/mol. The highest BCUT2D eigenvalue weighted by molar-refractivity contribution is 5.85. The Morgan fingerprint density at radius 2 is 1.76 bits per heavy atom. The molecule has 4 aliphatic rings. The molecule has 4 nitrogen and oxygen atoms in total. The molecule has 29 heavy (non-hydrogen) atoms. The fourth-order valence-corrected chi connectivity index (χ4v) is 6.14. The molecule has 1 aromatic rings. The van der Waals surface area contributed by atoms with Gasteiger partial charge in [0.2, 0.25) is 5.91 Å². The zero-order valence-electron chi connectivity index (χ0n) is 17.3. The van der Waals surface area contributed by atoms with Crippen molar-refractivity contribution < 1.29 is 4.79 Å². The number of halogens is 2. The standard InChI is InChI=1S/C23H33N3O.2ClH/c27-21(20-15-23(20)8-11-24-12-9-23)26-14-10-22(18-26)7-4-13-25(17-22)16-19-5-2-1-3-6-19;;/h1-3,5-6,20,24H,4,7-18H2;2*1H. The molecule has 2 atom stereocenters. The maximum absolute atomic E-state index is 13.2. The first kappa shape index (κ1) is 22.9. The van der Waals surface area contributed by atoms with Gasteiger partial charge in [-0.2, -0.15) is 0 Å². The molecule has 1 amide bonds. The summed E-state index contributed by atoms with van der Waals surface area (Å²) < 4.78 is 0. The zero-order chi connectivity index (χ0) is 18.3. The number of piperidine rings is 2. The van der Waals surface area contributed by atoms with E-state index in [1.807, 2.05) is 0 Å². The molecule has 1 saturated carbocycles. The van der Waals surface area contributed by atoms with Crippen molar-refractivity contribution in [2.45, 2.75) is 45.1 Å². The Hall–Kier alpha value is -0.810. The quantitative estimate of drug-likeness (QED) is 0.778. The van der Waals surface area contributed by atoms with Crippen LogP contribution in [0.4, 0.5) is 0 Å². The number of rotatable bonds is 3. The zero-order valence-corrected chi connectivity index (χ0v) is 18.9. The van der Waals surface area contributed by atoms with Crippen LogP contribution < -0.4 is 5.32 Å². The van der Waals surface area contributed by atoms with Crippen LogP contribution in [0, 0.1) is 16.7 Å². The molecule has 5 rings (SSSR count). The first-order valence-corrected chi connectivity index (χ1v) is 10.9. The van der Waals surface area contributed by atoms with Crippen molar-refractivity contribution in [2.24, 2.45) is 16.7 Å². The fourth-order valence-electron chi connectivity index (χ4n) is 6.14. The molecule has 162 valence electrons. The molecule has 2 spiro atoms. The second kappa shape index (κ2) is 9.13. The highest BCUT2D eigenvalue weighted by atomic mass is 35.5. The Kier molecular flexibility index (Phi) is 7.20. The molecule has 2 unspecified atom stereocenters. The van der Waals surface area contributed by atoms with Gasteiger partial charge in [0.1, 0.15) is 0 Å². The first-order chi connectivity index (χ1) is 13.2. The summed E-state index contributed by atoms with van der Waals surface area (Å²) in [6.45, 7) is 7.60. The number of carbonyl (C=O) groups is 1. The number of nitrogens with zero attached hydrogens (tertiary/aromatic N) is 2. The molecule has 1 aliphatic carbocycles. The first-order valence-electron chi connectivity index (χ1n) is 10.9. The number of hydrogen-bond donors (Lipinski definition) is 1. The second-order valence-electron chi connectivity index (χ2n) is 9.68. The highest BCUT2D eigenvalue weighted by Gasteiger charge is 2.59. The molecule has 3 saturated heterocycles. The van der Waals surface area contributed by atoms with Gasteiger partial charge in [0.15, 0.2) is 0 Å². The Morgan fingerprint density at radius 3 is 2.52 bits per heavy atom. The summed E-state index contributed by atoms with van der Waals surface area (Å²) in [5.41, 5.74) is 2.12. The third-order valence-electron chi connectivity index (χ3n) is 7.83. The minimum Gasteiger partial charge on any atom is -0.342 e. The van der Waals surface area contributed by atoms with Crippen molar-refractivity contribution in [2.75, 3.05) is 39.3 Å². The van der Waals surface area contributed by atoms with E-state index in [4.69, 9.17) is 0 Å². The van der Waals surface area contributed by atoms with Crippen LogP contribution in [0.15, 0.2) is 30.3 Å². The van der Waals surface area contributed by atoms with E-state index < -0.39 is 0 Å². The fraction of sp³-hybridized carbons (Fsp3) is 0.696. The topological polar surface area (TPSA) is 35.6 Å². The third kappa shape index (κ3) is 4.61. The van der Waals surface area contributed by atoms with Gasteiger partial charge in [-0.05, 0) is 69.1 Å². The van der Waals surface area contributed by atoms with Crippen LogP contribution in [0.2, 0.25) is 0 Å². The summed E-state index contributed by atoms with van der Waals surface area (Å²) in [5.74, 6) is 0.813. The smallest absolute Gasteiger partial charge is 0.226 e. The largest absolute Gasteiger partial charge is 0.342 e. The maximum Gasteiger partial charge on any atom is 0.226 e. The molecule has 0 radical (unpaired) electrons. The van der Waals surface area contributed by atoms with Crippen molar-refractivity contribution in [3.05, 3.63) is 35.9 Å². The van der Waals surface area contributed by atoms with Crippen molar-refractivity contribution in [1.29, 1.82) is 0 Å². The number of nitrogens with one attached hydrogen (secondary N) is 1. The molecule has 3 heterocycles. The number of amides is 1. The summed E-state index contributed by atoms with van der Waals surface area (Å²) >= 11 is 0. The van der Waals surface area contributed by atoms with E-state index in [0.717, 1.165) is 45.7 Å². The van der Waals surface area contributed by atoms with Crippen molar-refractivity contribution >= 4 is 30.7 Å². The Balaban J connectivity index is 0.00000120. The van der Waals surface area contributed by atoms with E-state index in [2.05, 4.69) is 45.4 Å². The highest BCUT2D eigenvalue weighted by Crippen LogP contribution is 2.59. The summed E-state index contributed by atoms with van der Waals surface area (Å²) in [6, 6.07) is 10.8. The monoisotopic (exact) mass is 439 g/mol. The molecule has 4 fully saturated rings. The lowest BCUT2D eigenvalue weighted by Crippen LogP contribution is -2.45. The van der Waals surface area contributed by atoms with E-state index in [9.17, 15) is 4.79 Å². The maximum atomic E-state index is 13.2. The molecule has 1 aromatic carbocycles. The van der Waals surface area contributed by atoms with E-state index in [0.29, 0.717) is 22.7 Å². The predicted molar refractivity (Wildman–Crippen MR) is 122 cm³/mol. The lowest BCUT2D eigenvalue weighted by atomic mass is 9.79. The normalized spacial score (nSPS) is 30.6. The van der Waals surface area contributed by atoms with Crippen LogP contribution in [0.1, 0.15) is 44.1 Å². The Morgan fingerprint density at radius 1 is 1.00 bits per heavy atom. The van der Waals surface area contributed by atoms with Gasteiger partial charge in [0.25, 0.3) is 0 Å². The van der Waals surface area contributed by atoms with E-state index in [1.54, 1.807) is 0 Å². The van der Waals surface area contributed by atoms with Gasteiger partial charge in [-0.3, -0.25) is 9.69 Å². The molecule has 1 N–H and O–H groups in total.